The summed E-state index contributed by atoms with van der Waals surface area (Å²) in [5.74, 6) is -0.512. The van der Waals surface area contributed by atoms with Crippen LogP contribution in [0.1, 0.15) is 55.6 Å². The quantitative estimate of drug-likeness (QED) is 0.752. The summed E-state index contributed by atoms with van der Waals surface area (Å²) in [6, 6.07) is 5.22. The van der Waals surface area contributed by atoms with Gasteiger partial charge in [0, 0.05) is 43.6 Å². The van der Waals surface area contributed by atoms with Crippen molar-refractivity contribution in [3.63, 3.8) is 0 Å². The second-order valence-corrected chi connectivity index (χ2v) is 9.28. The highest BCUT2D eigenvalue weighted by Crippen LogP contribution is 2.26. The fourth-order valence-electron chi connectivity index (χ4n) is 4.88. The van der Waals surface area contributed by atoms with Gasteiger partial charge in [-0.3, -0.25) is 9.69 Å². The molecule has 7 nitrogen and oxygen atoms in total. The van der Waals surface area contributed by atoms with E-state index in [-0.39, 0.29) is 30.0 Å². The number of piperazine rings is 1. The molecule has 2 aliphatic rings. The van der Waals surface area contributed by atoms with Crippen LogP contribution >= 0.6 is 0 Å². The number of fused-ring (bicyclic) bond motifs is 1. The minimum absolute atomic E-state index is 0.0857. The highest BCUT2D eigenvalue weighted by atomic mass is 19.1. The fourth-order valence-corrected chi connectivity index (χ4v) is 4.88. The maximum atomic E-state index is 14.1. The molecule has 1 saturated heterocycles. The normalized spacial score (nSPS) is 22.3. The number of halogens is 1. The molecule has 32 heavy (non-hydrogen) atoms. The topological polar surface area (TPSA) is 77.7 Å². The summed E-state index contributed by atoms with van der Waals surface area (Å²) in [4.78, 5) is 32.3. The highest BCUT2D eigenvalue weighted by molar-refractivity contribution is 5.99. The molecule has 2 fully saturated rings. The number of rotatable bonds is 4. The van der Waals surface area contributed by atoms with Crippen LogP contribution in [-0.4, -0.2) is 71.2 Å². The lowest BCUT2D eigenvalue weighted by molar-refractivity contribution is 0.0399. The number of carbonyl (C=O) groups excluding carboxylic acids is 2. The smallest absolute Gasteiger partial charge is 0.410 e. The van der Waals surface area contributed by atoms with Crippen molar-refractivity contribution in [2.24, 2.45) is 0 Å². The highest BCUT2D eigenvalue weighted by Gasteiger charge is 2.31. The molecular formula is C24H33FN4O3. The lowest BCUT2D eigenvalue weighted by Crippen LogP contribution is -2.54. The summed E-state index contributed by atoms with van der Waals surface area (Å²) in [5.41, 5.74) is 1.98. The number of aryl methyl sites for hydroxylation is 1. The SMILES string of the molecule is Cc1ccc(F)c2cc(C(=O)N[C@@H]3CCC[C@H](N4CCN(C(=O)OC(C)C)CC4)C3)[nH]c12. The molecule has 0 bridgehead atoms. The largest absolute Gasteiger partial charge is 0.447 e. The zero-order valence-corrected chi connectivity index (χ0v) is 19.1. The number of H-pyrrole nitrogens is 1. The number of hydrogen-bond donors (Lipinski definition) is 2. The van der Waals surface area contributed by atoms with Crippen LogP contribution in [0, 0.1) is 12.7 Å². The summed E-state index contributed by atoms with van der Waals surface area (Å²) < 4.78 is 19.4. The van der Waals surface area contributed by atoms with Crippen molar-refractivity contribution in [2.45, 2.75) is 64.6 Å². The van der Waals surface area contributed by atoms with Crippen LogP contribution < -0.4 is 5.32 Å². The van der Waals surface area contributed by atoms with Crippen LogP contribution in [0.25, 0.3) is 10.9 Å². The third-order valence-corrected chi connectivity index (χ3v) is 6.60. The number of carbonyl (C=O) groups is 2. The van der Waals surface area contributed by atoms with Gasteiger partial charge in [0.15, 0.2) is 0 Å². The molecule has 1 aliphatic carbocycles. The van der Waals surface area contributed by atoms with E-state index in [1.165, 1.54) is 6.07 Å². The maximum absolute atomic E-state index is 14.1. The number of ether oxygens (including phenoxy) is 1. The molecule has 0 radical (unpaired) electrons. The Hall–Kier alpha value is -2.61. The minimum atomic E-state index is -0.324. The van der Waals surface area contributed by atoms with Crippen molar-refractivity contribution >= 4 is 22.9 Å². The molecule has 0 unspecified atom stereocenters. The molecule has 174 valence electrons. The number of nitrogens with one attached hydrogen (secondary N) is 2. The minimum Gasteiger partial charge on any atom is -0.447 e. The van der Waals surface area contributed by atoms with E-state index in [2.05, 4.69) is 15.2 Å². The molecule has 4 rings (SSSR count). The third-order valence-electron chi connectivity index (χ3n) is 6.60. The Morgan fingerprint density at radius 2 is 1.94 bits per heavy atom. The number of aromatic amines is 1. The van der Waals surface area contributed by atoms with Crippen LogP contribution in [0.4, 0.5) is 9.18 Å². The van der Waals surface area contributed by atoms with E-state index in [4.69, 9.17) is 4.74 Å². The summed E-state index contributed by atoms with van der Waals surface area (Å²) in [6.45, 7) is 8.58. The Morgan fingerprint density at radius 3 is 2.62 bits per heavy atom. The molecule has 8 heteroatoms. The lowest BCUT2D eigenvalue weighted by Gasteiger charge is -2.42. The molecule has 1 aliphatic heterocycles. The van der Waals surface area contributed by atoms with Gasteiger partial charge in [0.25, 0.3) is 5.91 Å². The molecule has 2 amide bonds. The standard InChI is InChI=1S/C24H33FN4O3/c1-15(2)32-24(31)29-11-9-28(10-12-29)18-6-4-5-17(13-18)26-23(30)21-14-19-20(25)8-7-16(3)22(19)27-21/h7-8,14-15,17-18,27H,4-6,9-13H2,1-3H3,(H,26,30)/t17-,18+/m1/s1. The Kier molecular flexibility index (Phi) is 6.69. The zero-order valence-electron chi connectivity index (χ0n) is 19.1. The Bertz CT molecular complexity index is 942. The van der Waals surface area contributed by atoms with Crippen LogP contribution in [-0.2, 0) is 4.74 Å². The first-order valence-electron chi connectivity index (χ1n) is 11.6. The van der Waals surface area contributed by atoms with Gasteiger partial charge in [-0.2, -0.15) is 0 Å². The molecule has 2 heterocycles. The molecule has 0 spiro atoms. The van der Waals surface area contributed by atoms with Gasteiger partial charge < -0.3 is 19.9 Å². The number of nitrogens with zero attached hydrogens (tertiary/aromatic N) is 2. The third kappa shape index (κ3) is 4.90. The van der Waals surface area contributed by atoms with Gasteiger partial charge in [0.1, 0.15) is 11.5 Å². The second kappa shape index (κ2) is 9.48. The van der Waals surface area contributed by atoms with Gasteiger partial charge in [-0.1, -0.05) is 6.07 Å². The van der Waals surface area contributed by atoms with E-state index in [1.807, 2.05) is 20.8 Å². The van der Waals surface area contributed by atoms with Crippen LogP contribution in [0.5, 0.6) is 0 Å². The van der Waals surface area contributed by atoms with Gasteiger partial charge in [0.2, 0.25) is 0 Å². The lowest BCUT2D eigenvalue weighted by atomic mass is 9.89. The van der Waals surface area contributed by atoms with E-state index < -0.39 is 0 Å². The number of amides is 2. The molecule has 1 aromatic heterocycles. The zero-order chi connectivity index (χ0) is 22.8. The fraction of sp³-hybridized carbons (Fsp3) is 0.583. The average Bonchev–Trinajstić information content (AvgIpc) is 3.23. The van der Waals surface area contributed by atoms with Gasteiger partial charge in [-0.25, -0.2) is 9.18 Å². The molecule has 2 aromatic rings. The number of hydrogen-bond acceptors (Lipinski definition) is 4. The van der Waals surface area contributed by atoms with E-state index >= 15 is 0 Å². The second-order valence-electron chi connectivity index (χ2n) is 9.28. The van der Waals surface area contributed by atoms with E-state index in [1.54, 1.807) is 17.0 Å². The Balaban J connectivity index is 1.33. The van der Waals surface area contributed by atoms with Crippen molar-refractivity contribution in [3.05, 3.63) is 35.3 Å². The van der Waals surface area contributed by atoms with Gasteiger partial charge >= 0.3 is 6.09 Å². The first kappa shape index (κ1) is 22.6. The van der Waals surface area contributed by atoms with E-state index in [0.29, 0.717) is 35.7 Å². The predicted molar refractivity (Wildman–Crippen MR) is 121 cm³/mol. The van der Waals surface area contributed by atoms with Crippen molar-refractivity contribution in [3.8, 4) is 0 Å². The molecule has 2 atom stereocenters. The van der Waals surface area contributed by atoms with Crippen molar-refractivity contribution < 1.29 is 18.7 Å². The monoisotopic (exact) mass is 444 g/mol. The molecule has 1 aromatic carbocycles. The van der Waals surface area contributed by atoms with Crippen LogP contribution in [0.3, 0.4) is 0 Å². The molecular weight excluding hydrogens is 411 g/mol. The average molecular weight is 445 g/mol. The Labute approximate surface area is 188 Å². The summed E-state index contributed by atoms with van der Waals surface area (Å²) in [6.07, 6.45) is 3.62. The molecule has 2 N–H and O–H groups in total. The summed E-state index contributed by atoms with van der Waals surface area (Å²) in [5, 5.41) is 3.60. The van der Waals surface area contributed by atoms with Crippen LogP contribution in [0.2, 0.25) is 0 Å². The predicted octanol–water partition coefficient (Wildman–Crippen LogP) is 3.82. The number of benzene rings is 1. The van der Waals surface area contributed by atoms with Crippen molar-refractivity contribution in [2.75, 3.05) is 26.2 Å². The van der Waals surface area contributed by atoms with Gasteiger partial charge in [-0.15, -0.1) is 0 Å². The van der Waals surface area contributed by atoms with E-state index in [0.717, 1.165) is 44.3 Å². The van der Waals surface area contributed by atoms with Crippen LogP contribution in [0.15, 0.2) is 18.2 Å². The first-order valence-corrected chi connectivity index (χ1v) is 11.6. The van der Waals surface area contributed by atoms with E-state index in [9.17, 15) is 14.0 Å². The first-order chi connectivity index (χ1) is 15.3. The number of aromatic nitrogens is 1. The maximum Gasteiger partial charge on any atom is 0.410 e. The Morgan fingerprint density at radius 1 is 1.19 bits per heavy atom. The van der Waals surface area contributed by atoms with Crippen molar-refractivity contribution in [1.82, 2.24) is 20.1 Å². The summed E-state index contributed by atoms with van der Waals surface area (Å²) >= 11 is 0. The van der Waals surface area contributed by atoms with Gasteiger partial charge in [0.05, 0.1) is 11.6 Å². The van der Waals surface area contributed by atoms with Crippen molar-refractivity contribution in [1.29, 1.82) is 0 Å². The van der Waals surface area contributed by atoms with Gasteiger partial charge in [-0.05, 0) is 64.2 Å². The molecule has 1 saturated carbocycles. The summed E-state index contributed by atoms with van der Waals surface area (Å²) in [7, 11) is 0.